The Kier molecular flexibility index (Phi) is 4.20. The summed E-state index contributed by atoms with van der Waals surface area (Å²) < 4.78 is 5.10. The second kappa shape index (κ2) is 5.87. The van der Waals surface area contributed by atoms with Crippen molar-refractivity contribution in [2.24, 2.45) is 5.92 Å². The molecule has 2 N–H and O–H groups in total. The number of hydrogen-bond donors (Lipinski definition) is 2. The first-order valence-electron chi connectivity index (χ1n) is 6.30. The van der Waals surface area contributed by atoms with Crippen LogP contribution in [-0.4, -0.2) is 30.8 Å². The minimum atomic E-state index is -0.0979. The molecule has 1 atom stereocenters. The minimum Gasteiger partial charge on any atom is -0.497 e. The summed E-state index contributed by atoms with van der Waals surface area (Å²) in [6.45, 7) is 0.111. The van der Waals surface area contributed by atoms with Crippen molar-refractivity contribution < 1.29 is 14.6 Å². The number of aliphatic hydroxyl groups is 1. The lowest BCUT2D eigenvalue weighted by molar-refractivity contribution is 0.0924. The van der Waals surface area contributed by atoms with Crippen LogP contribution in [0.3, 0.4) is 0 Å². The first-order valence-corrected chi connectivity index (χ1v) is 6.30. The highest BCUT2D eigenvalue weighted by atomic mass is 16.5. The predicted octanol–water partition coefficient (Wildman–Crippen LogP) is 1.59. The Bertz CT molecular complexity index is 415. The van der Waals surface area contributed by atoms with Crippen LogP contribution in [0.4, 0.5) is 0 Å². The van der Waals surface area contributed by atoms with Crippen molar-refractivity contribution in [2.75, 3.05) is 13.7 Å². The lowest BCUT2D eigenvalue weighted by atomic mass is 10.1. The van der Waals surface area contributed by atoms with E-state index in [9.17, 15) is 4.79 Å². The molecule has 0 aliphatic heterocycles. The number of hydrogen-bond acceptors (Lipinski definition) is 3. The molecule has 1 saturated carbocycles. The minimum absolute atomic E-state index is 0.0914. The quantitative estimate of drug-likeness (QED) is 0.805. The van der Waals surface area contributed by atoms with Gasteiger partial charge in [-0.3, -0.25) is 4.79 Å². The summed E-state index contributed by atoms with van der Waals surface area (Å²) in [5.74, 6) is 1.11. The number of carbonyl (C=O) groups is 1. The molecule has 1 aromatic rings. The molecule has 18 heavy (non-hydrogen) atoms. The van der Waals surface area contributed by atoms with E-state index in [1.807, 2.05) is 6.07 Å². The van der Waals surface area contributed by atoms with Gasteiger partial charge >= 0.3 is 0 Å². The van der Waals surface area contributed by atoms with E-state index in [2.05, 4.69) is 5.32 Å². The van der Waals surface area contributed by atoms with Crippen molar-refractivity contribution in [1.82, 2.24) is 5.32 Å². The highest BCUT2D eigenvalue weighted by molar-refractivity contribution is 5.94. The standard InChI is InChI=1S/C14H19NO3/c1-18-12-4-2-3-11(9-12)14(17)15-13(7-8-16)10-5-6-10/h2-4,9-10,13,16H,5-8H2,1H3,(H,15,17). The molecule has 98 valence electrons. The van der Waals surface area contributed by atoms with Crippen molar-refractivity contribution in [3.05, 3.63) is 29.8 Å². The average molecular weight is 249 g/mol. The fraction of sp³-hybridized carbons (Fsp3) is 0.500. The second-order valence-electron chi connectivity index (χ2n) is 4.66. The van der Waals surface area contributed by atoms with E-state index in [1.165, 1.54) is 0 Å². The van der Waals surface area contributed by atoms with Gasteiger partial charge in [-0.15, -0.1) is 0 Å². The Morgan fingerprint density at radius 2 is 2.33 bits per heavy atom. The first kappa shape index (κ1) is 12.9. The van der Waals surface area contributed by atoms with Gasteiger partial charge in [-0.05, 0) is 43.4 Å². The molecule has 4 heteroatoms. The molecular formula is C14H19NO3. The fourth-order valence-corrected chi connectivity index (χ4v) is 2.08. The van der Waals surface area contributed by atoms with E-state index in [1.54, 1.807) is 25.3 Å². The van der Waals surface area contributed by atoms with E-state index in [4.69, 9.17) is 9.84 Å². The van der Waals surface area contributed by atoms with Gasteiger partial charge in [-0.2, -0.15) is 0 Å². The molecule has 0 saturated heterocycles. The van der Waals surface area contributed by atoms with Crippen molar-refractivity contribution in [3.8, 4) is 5.75 Å². The van der Waals surface area contributed by atoms with Crippen molar-refractivity contribution in [2.45, 2.75) is 25.3 Å². The molecule has 2 rings (SSSR count). The number of nitrogens with one attached hydrogen (secondary N) is 1. The zero-order chi connectivity index (χ0) is 13.0. The molecule has 0 bridgehead atoms. The van der Waals surface area contributed by atoms with Gasteiger partial charge in [0.1, 0.15) is 5.75 Å². The maximum absolute atomic E-state index is 12.1. The molecular weight excluding hydrogens is 230 g/mol. The van der Waals surface area contributed by atoms with Crippen LogP contribution in [0.15, 0.2) is 24.3 Å². The van der Waals surface area contributed by atoms with Crippen molar-refractivity contribution >= 4 is 5.91 Å². The molecule has 0 spiro atoms. The summed E-state index contributed by atoms with van der Waals surface area (Å²) >= 11 is 0. The lowest BCUT2D eigenvalue weighted by Crippen LogP contribution is -2.37. The Morgan fingerprint density at radius 1 is 1.56 bits per heavy atom. The number of methoxy groups -OCH3 is 1. The molecule has 1 fully saturated rings. The second-order valence-corrected chi connectivity index (χ2v) is 4.66. The predicted molar refractivity (Wildman–Crippen MR) is 68.7 cm³/mol. The zero-order valence-electron chi connectivity index (χ0n) is 10.6. The van der Waals surface area contributed by atoms with Crippen LogP contribution in [-0.2, 0) is 0 Å². The summed E-state index contributed by atoms with van der Waals surface area (Å²) in [6, 6.07) is 7.18. The first-order chi connectivity index (χ1) is 8.74. The van der Waals surface area contributed by atoms with Gasteiger partial charge in [0.25, 0.3) is 5.91 Å². The summed E-state index contributed by atoms with van der Waals surface area (Å²) in [7, 11) is 1.58. The summed E-state index contributed by atoms with van der Waals surface area (Å²) in [4.78, 5) is 12.1. The van der Waals surface area contributed by atoms with Crippen LogP contribution in [0.25, 0.3) is 0 Å². The smallest absolute Gasteiger partial charge is 0.251 e. The number of ether oxygens (including phenoxy) is 1. The van der Waals surface area contributed by atoms with E-state index in [0.29, 0.717) is 23.7 Å². The van der Waals surface area contributed by atoms with Crippen LogP contribution >= 0.6 is 0 Å². The molecule has 1 unspecified atom stereocenters. The van der Waals surface area contributed by atoms with Gasteiger partial charge in [0.05, 0.1) is 7.11 Å². The zero-order valence-corrected chi connectivity index (χ0v) is 10.6. The highest BCUT2D eigenvalue weighted by Gasteiger charge is 2.31. The van der Waals surface area contributed by atoms with Gasteiger partial charge in [-0.1, -0.05) is 6.07 Å². The lowest BCUT2D eigenvalue weighted by Gasteiger charge is -2.17. The Labute approximate surface area is 107 Å². The summed E-state index contributed by atoms with van der Waals surface area (Å²) in [5, 5.41) is 12.0. The van der Waals surface area contributed by atoms with E-state index in [0.717, 1.165) is 12.8 Å². The number of rotatable bonds is 6. The van der Waals surface area contributed by atoms with E-state index in [-0.39, 0.29) is 18.6 Å². The molecule has 1 amide bonds. The SMILES string of the molecule is COc1cccc(C(=O)NC(CCO)C2CC2)c1. The van der Waals surface area contributed by atoms with Crippen LogP contribution in [0.1, 0.15) is 29.6 Å². The third-order valence-electron chi connectivity index (χ3n) is 3.28. The topological polar surface area (TPSA) is 58.6 Å². The Morgan fingerprint density at radius 3 is 2.94 bits per heavy atom. The maximum atomic E-state index is 12.1. The van der Waals surface area contributed by atoms with E-state index >= 15 is 0 Å². The highest BCUT2D eigenvalue weighted by Crippen LogP contribution is 2.34. The molecule has 1 aliphatic carbocycles. The number of amides is 1. The number of carbonyl (C=O) groups excluding carboxylic acids is 1. The van der Waals surface area contributed by atoms with Crippen LogP contribution < -0.4 is 10.1 Å². The molecule has 0 radical (unpaired) electrons. The van der Waals surface area contributed by atoms with E-state index < -0.39 is 0 Å². The fourth-order valence-electron chi connectivity index (χ4n) is 2.08. The average Bonchev–Trinajstić information content (AvgIpc) is 3.22. The van der Waals surface area contributed by atoms with Gasteiger partial charge < -0.3 is 15.2 Å². The van der Waals surface area contributed by atoms with Crippen LogP contribution in [0.5, 0.6) is 5.75 Å². The van der Waals surface area contributed by atoms with Crippen molar-refractivity contribution in [1.29, 1.82) is 0 Å². The Balaban J connectivity index is 2.00. The molecule has 0 heterocycles. The summed E-state index contributed by atoms with van der Waals surface area (Å²) in [6.07, 6.45) is 2.91. The largest absolute Gasteiger partial charge is 0.497 e. The van der Waals surface area contributed by atoms with Crippen molar-refractivity contribution in [3.63, 3.8) is 0 Å². The molecule has 1 aliphatic rings. The third-order valence-corrected chi connectivity index (χ3v) is 3.28. The summed E-state index contributed by atoms with van der Waals surface area (Å²) in [5.41, 5.74) is 0.595. The monoisotopic (exact) mass is 249 g/mol. The molecule has 1 aromatic carbocycles. The van der Waals surface area contributed by atoms with Crippen LogP contribution in [0.2, 0.25) is 0 Å². The van der Waals surface area contributed by atoms with Gasteiger partial charge in [-0.25, -0.2) is 0 Å². The third kappa shape index (κ3) is 3.23. The maximum Gasteiger partial charge on any atom is 0.251 e. The van der Waals surface area contributed by atoms with Gasteiger partial charge in [0.2, 0.25) is 0 Å². The molecule has 4 nitrogen and oxygen atoms in total. The number of benzene rings is 1. The Hall–Kier alpha value is -1.55. The number of aliphatic hydroxyl groups excluding tert-OH is 1. The molecule has 0 aromatic heterocycles. The normalized spacial score (nSPS) is 16.1. The van der Waals surface area contributed by atoms with Gasteiger partial charge in [0, 0.05) is 18.2 Å². The van der Waals surface area contributed by atoms with Gasteiger partial charge in [0.15, 0.2) is 0 Å². The van der Waals surface area contributed by atoms with Crippen LogP contribution in [0, 0.1) is 5.92 Å².